The van der Waals surface area contributed by atoms with E-state index in [0.29, 0.717) is 44.5 Å². The number of aliphatic carboxylic acids is 1. The molecular weight excluding hydrogens is 1300 g/mol. The maximum atomic E-state index is 13.0. The summed E-state index contributed by atoms with van der Waals surface area (Å²) in [5, 5.41) is 124. The van der Waals surface area contributed by atoms with Gasteiger partial charge in [0, 0.05) is 51.0 Å². The van der Waals surface area contributed by atoms with Crippen LogP contribution in [0.4, 0.5) is 0 Å². The van der Waals surface area contributed by atoms with Gasteiger partial charge in [0.2, 0.25) is 41.4 Å². The number of imide groups is 1. The van der Waals surface area contributed by atoms with E-state index in [1.54, 1.807) is 0 Å². The highest BCUT2D eigenvalue weighted by Crippen LogP contribution is 2.09. The van der Waals surface area contributed by atoms with Crippen molar-refractivity contribution in [1.82, 2.24) is 47.4 Å². The van der Waals surface area contributed by atoms with E-state index in [2.05, 4.69) is 42.5 Å². The Morgan fingerprint density at radius 3 is 1.21 bits per heavy atom. The molecule has 96 heavy (non-hydrogen) atoms. The first-order valence-electron chi connectivity index (χ1n) is 30.2. The zero-order valence-corrected chi connectivity index (χ0v) is 52.8. The lowest BCUT2D eigenvalue weighted by molar-refractivity contribution is -0.152. The molecule has 0 aromatic rings. The number of amides is 10. The second-order valence-corrected chi connectivity index (χ2v) is 20.4. The smallest absolute Gasteiger partial charge is 0.329 e. The van der Waals surface area contributed by atoms with Crippen molar-refractivity contribution in [1.29, 1.82) is 0 Å². The predicted molar refractivity (Wildman–Crippen MR) is 318 cm³/mol. The maximum Gasteiger partial charge on any atom is 0.329 e. The highest BCUT2D eigenvalue weighted by Gasteiger charge is 2.34. The quantitative estimate of drug-likeness (QED) is 0.0153. The third-order valence-electron chi connectivity index (χ3n) is 12.8. The van der Waals surface area contributed by atoms with Gasteiger partial charge in [-0.05, 0) is 12.8 Å². The van der Waals surface area contributed by atoms with Crippen molar-refractivity contribution in [2.45, 2.75) is 93.0 Å². The van der Waals surface area contributed by atoms with Gasteiger partial charge < -0.3 is 141 Å². The second kappa shape index (κ2) is 53.0. The van der Waals surface area contributed by atoms with E-state index in [4.69, 9.17) is 58.0 Å². The summed E-state index contributed by atoms with van der Waals surface area (Å²) in [5.41, 5.74) is 0. The Balaban J connectivity index is 2.07. The van der Waals surface area contributed by atoms with Gasteiger partial charge in [-0.2, -0.15) is 0 Å². The molecule has 0 fully saturated rings. The van der Waals surface area contributed by atoms with Gasteiger partial charge in [-0.3, -0.25) is 57.6 Å². The van der Waals surface area contributed by atoms with Crippen LogP contribution in [0.2, 0.25) is 0 Å². The molecule has 1 rings (SSSR count). The van der Waals surface area contributed by atoms with E-state index >= 15 is 0 Å². The number of hydrogen-bond donors (Lipinski definition) is 19. The van der Waals surface area contributed by atoms with Crippen LogP contribution in [-0.4, -0.2) is 364 Å². The van der Waals surface area contributed by atoms with Gasteiger partial charge in [0.15, 0.2) is 6.61 Å². The molecule has 41 heteroatoms. The minimum atomic E-state index is -2.00. The van der Waals surface area contributed by atoms with E-state index in [1.807, 2.05) is 0 Å². The van der Waals surface area contributed by atoms with Crippen LogP contribution in [0, 0.1) is 0 Å². The van der Waals surface area contributed by atoms with Crippen molar-refractivity contribution in [2.75, 3.05) is 171 Å². The molecule has 10 amide bonds. The maximum absolute atomic E-state index is 13.0. The van der Waals surface area contributed by atoms with Crippen LogP contribution in [-0.2, 0) is 100 Å². The Kier molecular flexibility index (Phi) is 47.9. The van der Waals surface area contributed by atoms with E-state index in [1.165, 1.54) is 0 Å². The summed E-state index contributed by atoms with van der Waals surface area (Å²) < 4.78 is 48.3. The number of carboxylic acids is 1. The third-order valence-corrected chi connectivity index (χ3v) is 12.8. The molecule has 0 unspecified atom stereocenters. The molecule has 0 spiro atoms. The summed E-state index contributed by atoms with van der Waals surface area (Å²) in [6.45, 7) is -2.73. The minimum absolute atomic E-state index is 0.0889. The molecule has 41 nitrogen and oxygen atoms in total. The second-order valence-electron chi connectivity index (χ2n) is 20.4. The first-order valence-corrected chi connectivity index (χ1v) is 30.2. The van der Waals surface area contributed by atoms with Gasteiger partial charge in [0.25, 0.3) is 17.7 Å². The Bertz CT molecular complexity index is 2360. The summed E-state index contributed by atoms with van der Waals surface area (Å²) in [4.78, 5) is 147. The molecule has 1 aliphatic heterocycles. The van der Waals surface area contributed by atoms with Gasteiger partial charge in [0.05, 0.1) is 151 Å². The van der Waals surface area contributed by atoms with Crippen LogP contribution < -0.4 is 42.5 Å². The van der Waals surface area contributed by atoms with Crippen LogP contribution in [0.15, 0.2) is 12.2 Å². The molecule has 1 heterocycles. The number of aliphatic hydroxyl groups is 10. The number of carboxylic acid groups (broad SMARTS) is 1. The van der Waals surface area contributed by atoms with Crippen LogP contribution >= 0.6 is 0 Å². The summed E-state index contributed by atoms with van der Waals surface area (Å²) in [7, 11) is 0. The standard InChI is InChI=1S/C55H93N9O32/c65-31-38(69)52(84)50(82)36(67)25-57-40(71)3-1-34(54(86)61-26-37(68)51(83)53(85)39(70)32-66)62-41(72)7-9-88-11-13-90-15-17-92-19-21-94-23-24-95-22-20-93-18-16-91-14-12-89-10-8-56-42(73)27-58-43(74)28-59-44(75)29-60-46(77)33-96-55(87)35(2-6-49(80)81)63-45(76)30-64-47(78)4-5-48(64)79/h4-5,34-39,50-53,65-70,82-85H,1-3,6-33H2,(H,56,73)(H,57,71)(H,58,74)(H,59,75)(H,60,77)(H,61,86)(H,62,72)(H,63,76)(H,80,81)/t34-,35-,36-,37-,38+,39+,50+,51+,52+,53+/m0/s1. The molecule has 10 atom stereocenters. The topological polar surface area (TPSA) is 610 Å². The van der Waals surface area contributed by atoms with Gasteiger partial charge in [-0.25, -0.2) is 4.79 Å². The fourth-order valence-electron chi connectivity index (χ4n) is 7.38. The summed E-state index contributed by atoms with van der Waals surface area (Å²) in [6.07, 6.45) is -15.3. The first-order chi connectivity index (χ1) is 45.8. The molecule has 0 aromatic carbocycles. The molecule has 0 aliphatic carbocycles. The lowest BCUT2D eigenvalue weighted by Crippen LogP contribution is -2.53. The molecule has 550 valence electrons. The molecule has 0 saturated heterocycles. The van der Waals surface area contributed by atoms with Gasteiger partial charge in [-0.15, -0.1) is 0 Å². The van der Waals surface area contributed by atoms with Crippen molar-refractivity contribution < 1.29 is 156 Å². The van der Waals surface area contributed by atoms with Crippen molar-refractivity contribution in [3.8, 4) is 0 Å². The van der Waals surface area contributed by atoms with Crippen molar-refractivity contribution in [2.24, 2.45) is 0 Å². The Labute approximate surface area is 550 Å². The normalized spacial score (nSPS) is 15.2. The van der Waals surface area contributed by atoms with E-state index in [9.17, 15) is 98.4 Å². The molecule has 19 N–H and O–H groups in total. The molecule has 1 aliphatic rings. The lowest BCUT2D eigenvalue weighted by atomic mass is 10.0. The lowest BCUT2D eigenvalue weighted by Gasteiger charge is -2.26. The monoisotopic (exact) mass is 1390 g/mol. The number of nitrogens with one attached hydrogen (secondary N) is 8. The Hall–Kier alpha value is -7.14. The number of aliphatic hydroxyl groups excluding tert-OH is 10. The zero-order chi connectivity index (χ0) is 71.6. The fourth-order valence-corrected chi connectivity index (χ4v) is 7.38. The molecule has 0 bridgehead atoms. The summed E-state index contributed by atoms with van der Waals surface area (Å²) in [6, 6.07) is -2.98. The SMILES string of the molecule is O=C(O)CC[C@H](NC(=O)CN1C(=O)C=CC1=O)C(=O)OCC(=O)NCC(=O)NCC(=O)NCC(=O)NCCOCCOCCOCCOCCOCCOCCOCCOCCC(=O)N[C@@H](CCC(=O)NC[C@H](O)[C@@H](O)[C@H](O)[C@H](O)CO)C(=O)NC[C@H](O)[C@@H](O)[C@H](O)[C@H](O)CO. The van der Waals surface area contributed by atoms with Gasteiger partial charge >= 0.3 is 11.9 Å². The number of ether oxygens (including phenoxy) is 9. The third kappa shape index (κ3) is 41.7. The Morgan fingerprint density at radius 1 is 0.396 bits per heavy atom. The average Bonchev–Trinajstić information content (AvgIpc) is 1.71. The predicted octanol–water partition coefficient (Wildman–Crippen LogP) is -12.8. The highest BCUT2D eigenvalue weighted by molar-refractivity contribution is 6.14. The van der Waals surface area contributed by atoms with Crippen LogP contribution in [0.5, 0.6) is 0 Å². The fraction of sp³-hybridized carbons (Fsp3) is 0.745. The summed E-state index contributed by atoms with van der Waals surface area (Å²) >= 11 is 0. The van der Waals surface area contributed by atoms with Crippen molar-refractivity contribution in [3.05, 3.63) is 12.2 Å². The van der Waals surface area contributed by atoms with Crippen LogP contribution in [0.25, 0.3) is 0 Å². The highest BCUT2D eigenvalue weighted by atomic mass is 16.6. The van der Waals surface area contributed by atoms with E-state index in [0.717, 1.165) is 12.2 Å². The molecule has 0 saturated carbocycles. The molecule has 0 radical (unpaired) electrons. The number of carbonyl (C=O) groups is 12. The summed E-state index contributed by atoms with van der Waals surface area (Å²) in [5.74, 6) is -10.5. The number of nitrogens with zero attached hydrogens (tertiary/aromatic N) is 1. The number of esters is 1. The molecule has 0 aromatic heterocycles. The van der Waals surface area contributed by atoms with Crippen LogP contribution in [0.1, 0.15) is 32.1 Å². The van der Waals surface area contributed by atoms with E-state index < -0.39 is 210 Å². The van der Waals surface area contributed by atoms with E-state index in [-0.39, 0.29) is 85.5 Å². The number of carbonyl (C=O) groups excluding carboxylic acids is 11. The Morgan fingerprint density at radius 2 is 0.771 bits per heavy atom. The van der Waals surface area contributed by atoms with Gasteiger partial charge in [0.1, 0.15) is 55.3 Å². The number of hydrogen-bond acceptors (Lipinski definition) is 31. The van der Waals surface area contributed by atoms with Crippen LogP contribution in [0.3, 0.4) is 0 Å². The van der Waals surface area contributed by atoms with Crippen molar-refractivity contribution in [3.63, 3.8) is 0 Å². The first kappa shape index (κ1) is 86.9. The average molecular weight is 1390 g/mol. The zero-order valence-electron chi connectivity index (χ0n) is 52.8. The number of rotatable bonds is 59. The largest absolute Gasteiger partial charge is 0.481 e. The van der Waals surface area contributed by atoms with Gasteiger partial charge in [-0.1, -0.05) is 0 Å². The van der Waals surface area contributed by atoms with Crippen molar-refractivity contribution >= 4 is 71.0 Å². The molecular formula is C55H93N9O32. The minimum Gasteiger partial charge on any atom is -0.481 e.